The van der Waals surface area contributed by atoms with Gasteiger partial charge in [0.1, 0.15) is 0 Å². The van der Waals surface area contributed by atoms with Crippen LogP contribution in [-0.2, 0) is 0 Å². The largest absolute Gasteiger partial charge is 0.393 e. The Bertz CT molecular complexity index is 458. The van der Waals surface area contributed by atoms with Crippen LogP contribution in [0.3, 0.4) is 0 Å². The van der Waals surface area contributed by atoms with E-state index in [1.165, 1.54) is 11.1 Å². The maximum atomic E-state index is 10.6. The van der Waals surface area contributed by atoms with Crippen molar-refractivity contribution in [2.24, 2.45) is 5.92 Å². The van der Waals surface area contributed by atoms with E-state index in [0.29, 0.717) is 6.42 Å². The van der Waals surface area contributed by atoms with E-state index in [1.54, 1.807) is 6.92 Å². The summed E-state index contributed by atoms with van der Waals surface area (Å²) < 4.78 is 0. The van der Waals surface area contributed by atoms with Crippen molar-refractivity contribution in [3.63, 3.8) is 0 Å². The third-order valence-electron chi connectivity index (χ3n) is 4.90. The molecule has 132 valence electrons. The molecule has 3 atom stereocenters. The monoisotopic (exact) mass is 322 g/mol. The van der Waals surface area contributed by atoms with Gasteiger partial charge in [0.05, 0.1) is 18.3 Å². The zero-order valence-electron chi connectivity index (χ0n) is 15.2. The Hall–Kier alpha value is -0.900. The smallest absolute Gasteiger partial charge is 0.0905 e. The standard InChI is InChI=1S/C20H34O3/c1-15-7-5-9-16(2)11-12-18(20(4,23)14-21)19(22)13-17(3)10-6-8-15/h8-9,13,18-19,21-23H,5-7,10-12,14H2,1-4H3/b15-8+,16-9+,17-13+/t18-,19+,20+/m1/s1. The topological polar surface area (TPSA) is 60.7 Å². The molecule has 0 amide bonds. The molecule has 0 aromatic carbocycles. The average Bonchev–Trinajstić information content (AvgIpc) is 2.46. The summed E-state index contributed by atoms with van der Waals surface area (Å²) >= 11 is 0. The lowest BCUT2D eigenvalue weighted by atomic mass is 9.80. The Balaban J connectivity index is 3.01. The fourth-order valence-corrected chi connectivity index (χ4v) is 3.14. The van der Waals surface area contributed by atoms with Crippen molar-refractivity contribution >= 4 is 0 Å². The van der Waals surface area contributed by atoms with Crippen LogP contribution in [0.5, 0.6) is 0 Å². The number of hydrogen-bond acceptors (Lipinski definition) is 3. The second kappa shape index (κ2) is 9.41. The molecule has 3 heteroatoms. The minimum Gasteiger partial charge on any atom is -0.393 e. The van der Waals surface area contributed by atoms with Crippen molar-refractivity contribution in [2.75, 3.05) is 6.61 Å². The SMILES string of the molecule is C/C1=C\CC/C(C)=C/[C@H](O)[C@H]([C@@](C)(O)CO)CC/C(C)=C/CC1. The summed E-state index contributed by atoms with van der Waals surface area (Å²) in [6, 6.07) is 0. The molecule has 1 aliphatic rings. The van der Waals surface area contributed by atoms with Gasteiger partial charge in [-0.05, 0) is 66.2 Å². The van der Waals surface area contributed by atoms with Crippen molar-refractivity contribution in [1.29, 1.82) is 0 Å². The van der Waals surface area contributed by atoms with Crippen LogP contribution in [0.4, 0.5) is 0 Å². The van der Waals surface area contributed by atoms with E-state index in [0.717, 1.165) is 37.7 Å². The van der Waals surface area contributed by atoms with Crippen LogP contribution in [0.1, 0.15) is 66.2 Å². The molecule has 0 saturated carbocycles. The molecule has 0 radical (unpaired) electrons. The van der Waals surface area contributed by atoms with Gasteiger partial charge in [0, 0.05) is 5.92 Å². The van der Waals surface area contributed by atoms with Crippen LogP contribution in [0.2, 0.25) is 0 Å². The van der Waals surface area contributed by atoms with Crippen LogP contribution >= 0.6 is 0 Å². The molecule has 0 heterocycles. The molecule has 1 aliphatic carbocycles. The summed E-state index contributed by atoms with van der Waals surface area (Å²) in [7, 11) is 0. The number of aliphatic hydroxyl groups excluding tert-OH is 2. The first kappa shape index (κ1) is 20.1. The first-order valence-corrected chi connectivity index (χ1v) is 8.76. The van der Waals surface area contributed by atoms with Gasteiger partial charge in [0.25, 0.3) is 0 Å². The number of hydrogen-bond donors (Lipinski definition) is 3. The maximum absolute atomic E-state index is 10.6. The van der Waals surface area contributed by atoms with Crippen molar-refractivity contribution < 1.29 is 15.3 Å². The highest BCUT2D eigenvalue weighted by molar-refractivity contribution is 5.10. The molecule has 0 aliphatic heterocycles. The highest BCUT2D eigenvalue weighted by Gasteiger charge is 2.35. The lowest BCUT2D eigenvalue weighted by Gasteiger charge is -2.34. The molecule has 0 spiro atoms. The van der Waals surface area contributed by atoms with E-state index in [1.807, 2.05) is 13.0 Å². The molecule has 0 fully saturated rings. The van der Waals surface area contributed by atoms with Gasteiger partial charge in [-0.3, -0.25) is 0 Å². The van der Waals surface area contributed by atoms with Crippen molar-refractivity contribution in [3.8, 4) is 0 Å². The molecule has 0 saturated heterocycles. The van der Waals surface area contributed by atoms with Gasteiger partial charge in [-0.2, -0.15) is 0 Å². The van der Waals surface area contributed by atoms with Gasteiger partial charge in [0.2, 0.25) is 0 Å². The van der Waals surface area contributed by atoms with Crippen LogP contribution in [0.15, 0.2) is 34.9 Å². The molecule has 23 heavy (non-hydrogen) atoms. The molecule has 1 rings (SSSR count). The summed E-state index contributed by atoms with van der Waals surface area (Å²) in [5.74, 6) is -0.369. The molecule has 0 unspecified atom stereocenters. The molecular weight excluding hydrogens is 288 g/mol. The molecule has 0 bridgehead atoms. The minimum absolute atomic E-state index is 0.341. The van der Waals surface area contributed by atoms with E-state index < -0.39 is 11.7 Å². The molecule has 0 aromatic rings. The quantitative estimate of drug-likeness (QED) is 0.676. The van der Waals surface area contributed by atoms with E-state index >= 15 is 0 Å². The second-order valence-electron chi connectivity index (χ2n) is 7.34. The highest BCUT2D eigenvalue weighted by atomic mass is 16.3. The van der Waals surface area contributed by atoms with Gasteiger partial charge >= 0.3 is 0 Å². The lowest BCUT2D eigenvalue weighted by molar-refractivity contribution is -0.0809. The molecule has 3 N–H and O–H groups in total. The maximum Gasteiger partial charge on any atom is 0.0905 e. The first-order valence-electron chi connectivity index (χ1n) is 8.76. The zero-order chi connectivity index (χ0) is 17.5. The third-order valence-corrected chi connectivity index (χ3v) is 4.90. The Labute approximate surface area is 141 Å². The molecule has 0 aromatic heterocycles. The van der Waals surface area contributed by atoms with Gasteiger partial charge in [-0.15, -0.1) is 0 Å². The van der Waals surface area contributed by atoms with E-state index in [2.05, 4.69) is 26.0 Å². The van der Waals surface area contributed by atoms with Gasteiger partial charge in [-0.25, -0.2) is 0 Å². The van der Waals surface area contributed by atoms with Crippen LogP contribution < -0.4 is 0 Å². The van der Waals surface area contributed by atoms with E-state index in [9.17, 15) is 15.3 Å². The molecular formula is C20H34O3. The second-order valence-corrected chi connectivity index (χ2v) is 7.34. The van der Waals surface area contributed by atoms with E-state index in [4.69, 9.17) is 0 Å². The Morgan fingerprint density at radius 1 is 1.00 bits per heavy atom. The van der Waals surface area contributed by atoms with Crippen LogP contribution in [-0.4, -0.2) is 33.6 Å². The summed E-state index contributed by atoms with van der Waals surface area (Å²) in [5, 5.41) is 30.5. The highest BCUT2D eigenvalue weighted by Crippen LogP contribution is 2.29. The van der Waals surface area contributed by atoms with Gasteiger partial charge in [-0.1, -0.05) is 34.9 Å². The number of rotatable bonds is 2. The fraction of sp³-hybridized carbons (Fsp3) is 0.700. The third kappa shape index (κ3) is 7.03. The van der Waals surface area contributed by atoms with Crippen LogP contribution in [0, 0.1) is 5.92 Å². The fourth-order valence-electron chi connectivity index (χ4n) is 3.14. The van der Waals surface area contributed by atoms with Crippen LogP contribution in [0.25, 0.3) is 0 Å². The first-order chi connectivity index (χ1) is 10.8. The van der Waals surface area contributed by atoms with Crippen molar-refractivity contribution in [1.82, 2.24) is 0 Å². The molecule has 3 nitrogen and oxygen atoms in total. The van der Waals surface area contributed by atoms with Crippen molar-refractivity contribution in [2.45, 2.75) is 77.9 Å². The zero-order valence-corrected chi connectivity index (χ0v) is 15.2. The van der Waals surface area contributed by atoms with Crippen molar-refractivity contribution in [3.05, 3.63) is 34.9 Å². The average molecular weight is 322 g/mol. The van der Waals surface area contributed by atoms with E-state index in [-0.39, 0.29) is 12.5 Å². The number of allylic oxidation sites excluding steroid dienone is 5. The summed E-state index contributed by atoms with van der Waals surface area (Å²) in [6.07, 6.45) is 11.1. The summed E-state index contributed by atoms with van der Waals surface area (Å²) in [5.41, 5.74) is 2.55. The predicted octanol–water partition coefficient (Wildman–Crippen LogP) is 3.90. The van der Waals surface area contributed by atoms with Gasteiger partial charge in [0.15, 0.2) is 0 Å². The normalized spacial score (nSPS) is 34.8. The predicted molar refractivity (Wildman–Crippen MR) is 96.2 cm³/mol. The Morgan fingerprint density at radius 3 is 2.09 bits per heavy atom. The summed E-state index contributed by atoms with van der Waals surface area (Å²) in [4.78, 5) is 0. The Morgan fingerprint density at radius 2 is 1.52 bits per heavy atom. The summed E-state index contributed by atoms with van der Waals surface area (Å²) in [6.45, 7) is 7.57. The Kier molecular flexibility index (Phi) is 8.24. The lowest BCUT2D eigenvalue weighted by Crippen LogP contribution is -2.44. The van der Waals surface area contributed by atoms with Gasteiger partial charge < -0.3 is 15.3 Å². The number of aliphatic hydroxyl groups is 3. The minimum atomic E-state index is -1.27.